The molecular formula is C9H8F3NO5. The first-order valence-electron chi connectivity index (χ1n) is 4.40. The van der Waals surface area contributed by atoms with Crippen LogP contribution in [0.25, 0.3) is 0 Å². The largest absolute Gasteiger partial charge is 0.573 e. The van der Waals surface area contributed by atoms with Gasteiger partial charge < -0.3 is 19.3 Å². The van der Waals surface area contributed by atoms with Crippen LogP contribution >= 0.6 is 0 Å². The van der Waals surface area contributed by atoms with E-state index < -0.39 is 35.3 Å². The van der Waals surface area contributed by atoms with Crippen LogP contribution in [0.4, 0.5) is 13.2 Å². The molecular weight excluding hydrogens is 259 g/mol. The molecule has 100 valence electrons. The van der Waals surface area contributed by atoms with E-state index in [9.17, 15) is 23.1 Å². The molecule has 1 heterocycles. The smallest absolute Gasteiger partial charge is 0.503 e. The molecule has 0 amide bonds. The van der Waals surface area contributed by atoms with Crippen molar-refractivity contribution >= 4 is 5.97 Å². The lowest BCUT2D eigenvalue weighted by molar-refractivity contribution is -0.275. The van der Waals surface area contributed by atoms with E-state index in [2.05, 4.69) is 19.2 Å². The molecule has 6 nitrogen and oxygen atoms in total. The van der Waals surface area contributed by atoms with Gasteiger partial charge in [0.15, 0.2) is 17.1 Å². The average molecular weight is 267 g/mol. The summed E-state index contributed by atoms with van der Waals surface area (Å²) in [7, 11) is 2.03. The number of nitrogens with zero attached hydrogens (tertiary/aromatic N) is 1. The predicted octanol–water partition coefficient (Wildman–Crippen LogP) is 1.48. The van der Waals surface area contributed by atoms with Gasteiger partial charge in [0.25, 0.3) is 0 Å². The molecule has 0 fully saturated rings. The van der Waals surface area contributed by atoms with E-state index >= 15 is 0 Å². The molecule has 0 unspecified atom stereocenters. The molecule has 0 bridgehead atoms. The highest BCUT2D eigenvalue weighted by atomic mass is 19.4. The minimum absolute atomic E-state index is 0.459. The van der Waals surface area contributed by atoms with Gasteiger partial charge in [0, 0.05) is 0 Å². The zero-order valence-corrected chi connectivity index (χ0v) is 9.24. The number of carbonyl (C=O) groups is 1. The van der Waals surface area contributed by atoms with Crippen LogP contribution in [0, 0.1) is 0 Å². The number of rotatable bonds is 3. The minimum Gasteiger partial charge on any atom is -0.503 e. The van der Waals surface area contributed by atoms with Crippen molar-refractivity contribution in [1.82, 2.24) is 4.98 Å². The second-order valence-electron chi connectivity index (χ2n) is 2.90. The Balaban J connectivity index is 3.41. The summed E-state index contributed by atoms with van der Waals surface area (Å²) in [6.45, 7) is 0. The van der Waals surface area contributed by atoms with Crippen LogP contribution < -0.4 is 9.47 Å². The normalized spacial score (nSPS) is 10.9. The van der Waals surface area contributed by atoms with Gasteiger partial charge >= 0.3 is 12.3 Å². The fourth-order valence-corrected chi connectivity index (χ4v) is 1.12. The van der Waals surface area contributed by atoms with Crippen LogP contribution in [0.1, 0.15) is 10.4 Å². The fourth-order valence-electron chi connectivity index (χ4n) is 1.12. The van der Waals surface area contributed by atoms with E-state index in [0.29, 0.717) is 6.20 Å². The number of aromatic nitrogens is 1. The van der Waals surface area contributed by atoms with E-state index in [-0.39, 0.29) is 0 Å². The number of ether oxygens (including phenoxy) is 3. The Morgan fingerprint density at radius 1 is 1.39 bits per heavy atom. The lowest BCUT2D eigenvalue weighted by atomic mass is 10.2. The van der Waals surface area contributed by atoms with Crippen molar-refractivity contribution in [2.75, 3.05) is 14.2 Å². The lowest BCUT2D eigenvalue weighted by Gasteiger charge is -2.14. The first kappa shape index (κ1) is 13.9. The maximum atomic E-state index is 12.2. The first-order chi connectivity index (χ1) is 8.30. The average Bonchev–Trinajstić information content (AvgIpc) is 2.29. The first-order valence-corrected chi connectivity index (χ1v) is 4.40. The Morgan fingerprint density at radius 3 is 2.44 bits per heavy atom. The maximum Gasteiger partial charge on any atom is 0.573 e. The van der Waals surface area contributed by atoms with E-state index in [1.165, 1.54) is 0 Å². The molecule has 1 aromatic heterocycles. The molecule has 0 radical (unpaired) electrons. The maximum absolute atomic E-state index is 12.2. The van der Waals surface area contributed by atoms with Crippen molar-refractivity contribution in [2.24, 2.45) is 0 Å². The summed E-state index contributed by atoms with van der Waals surface area (Å²) in [5.74, 6) is -3.73. The summed E-state index contributed by atoms with van der Waals surface area (Å²) in [6, 6.07) is 0. The van der Waals surface area contributed by atoms with Crippen molar-refractivity contribution in [2.45, 2.75) is 6.36 Å². The lowest BCUT2D eigenvalue weighted by Crippen LogP contribution is -2.20. The Hall–Kier alpha value is -2.19. The van der Waals surface area contributed by atoms with Gasteiger partial charge in [-0.15, -0.1) is 13.2 Å². The minimum atomic E-state index is -5.09. The number of hydrogen-bond acceptors (Lipinski definition) is 6. The molecule has 0 atom stereocenters. The Morgan fingerprint density at radius 2 is 2.00 bits per heavy atom. The number of esters is 1. The Bertz CT molecular complexity index is 460. The number of pyridine rings is 1. The topological polar surface area (TPSA) is 77.9 Å². The van der Waals surface area contributed by atoms with Crippen molar-refractivity contribution < 1.29 is 37.3 Å². The number of aromatic hydroxyl groups is 1. The number of alkyl halides is 3. The van der Waals surface area contributed by atoms with E-state index in [0.717, 1.165) is 14.2 Å². The molecule has 1 aromatic rings. The zero-order chi connectivity index (χ0) is 13.9. The predicted molar refractivity (Wildman–Crippen MR) is 50.5 cm³/mol. The highest BCUT2D eigenvalue weighted by Crippen LogP contribution is 2.38. The molecule has 9 heteroatoms. The van der Waals surface area contributed by atoms with Crippen LogP contribution in [0.3, 0.4) is 0 Å². The van der Waals surface area contributed by atoms with Gasteiger partial charge in [0.2, 0.25) is 5.88 Å². The van der Waals surface area contributed by atoms with Crippen LogP contribution in [-0.2, 0) is 4.74 Å². The molecule has 0 aliphatic heterocycles. The second-order valence-corrected chi connectivity index (χ2v) is 2.90. The van der Waals surface area contributed by atoms with Crippen LogP contribution in [0.2, 0.25) is 0 Å². The number of carbonyl (C=O) groups excluding carboxylic acids is 1. The highest BCUT2D eigenvalue weighted by molar-refractivity contribution is 5.95. The third-order valence-corrected chi connectivity index (χ3v) is 1.78. The standard InChI is InChI=1S/C9H8F3NO5/c1-16-7-5(8(15)17-2)6(4(14)3-13-7)18-9(10,11)12/h3,14H,1-2H3. The van der Waals surface area contributed by atoms with Crippen LogP contribution in [-0.4, -0.2) is 36.6 Å². The molecule has 0 aromatic carbocycles. The Labute approximate surface area is 98.9 Å². The van der Waals surface area contributed by atoms with Gasteiger partial charge in [-0.3, -0.25) is 0 Å². The SMILES string of the molecule is COC(=O)c1c(OC)ncc(O)c1OC(F)(F)F. The second kappa shape index (κ2) is 4.98. The summed E-state index contributed by atoms with van der Waals surface area (Å²) >= 11 is 0. The van der Waals surface area contributed by atoms with Gasteiger partial charge in [-0.2, -0.15) is 0 Å². The fraction of sp³-hybridized carbons (Fsp3) is 0.333. The van der Waals surface area contributed by atoms with Crippen molar-refractivity contribution in [3.8, 4) is 17.4 Å². The molecule has 0 saturated carbocycles. The van der Waals surface area contributed by atoms with E-state index in [1.807, 2.05) is 0 Å². The number of methoxy groups -OCH3 is 2. The van der Waals surface area contributed by atoms with E-state index in [1.54, 1.807) is 0 Å². The van der Waals surface area contributed by atoms with Crippen LogP contribution in [0.15, 0.2) is 6.20 Å². The summed E-state index contributed by atoms with van der Waals surface area (Å²) < 4.78 is 48.9. The summed E-state index contributed by atoms with van der Waals surface area (Å²) in [5.41, 5.74) is -0.752. The van der Waals surface area contributed by atoms with Gasteiger partial charge in [-0.25, -0.2) is 9.78 Å². The highest BCUT2D eigenvalue weighted by Gasteiger charge is 2.36. The van der Waals surface area contributed by atoms with Gasteiger partial charge in [0.05, 0.1) is 20.4 Å². The summed E-state index contributed by atoms with van der Waals surface area (Å²) in [6.07, 6.45) is -4.43. The summed E-state index contributed by atoms with van der Waals surface area (Å²) in [5, 5.41) is 9.27. The van der Waals surface area contributed by atoms with E-state index in [4.69, 9.17) is 0 Å². The van der Waals surface area contributed by atoms with Crippen molar-refractivity contribution in [3.63, 3.8) is 0 Å². The third-order valence-electron chi connectivity index (χ3n) is 1.78. The molecule has 0 saturated heterocycles. The van der Waals surface area contributed by atoms with Crippen molar-refractivity contribution in [1.29, 1.82) is 0 Å². The number of halogens is 3. The third kappa shape index (κ3) is 2.93. The van der Waals surface area contributed by atoms with Crippen LogP contribution in [0.5, 0.6) is 17.4 Å². The Kier molecular flexibility index (Phi) is 3.84. The van der Waals surface area contributed by atoms with Gasteiger partial charge in [-0.05, 0) is 0 Å². The molecule has 0 aliphatic rings. The molecule has 1 rings (SSSR count). The quantitative estimate of drug-likeness (QED) is 0.836. The summed E-state index contributed by atoms with van der Waals surface area (Å²) in [4.78, 5) is 14.8. The molecule has 0 spiro atoms. The monoisotopic (exact) mass is 267 g/mol. The van der Waals surface area contributed by atoms with Crippen molar-refractivity contribution in [3.05, 3.63) is 11.8 Å². The molecule has 0 aliphatic carbocycles. The zero-order valence-electron chi connectivity index (χ0n) is 9.24. The number of hydrogen-bond donors (Lipinski definition) is 1. The molecule has 1 N–H and O–H groups in total. The van der Waals surface area contributed by atoms with Gasteiger partial charge in [-0.1, -0.05) is 0 Å². The van der Waals surface area contributed by atoms with Gasteiger partial charge in [0.1, 0.15) is 0 Å². The molecule has 18 heavy (non-hydrogen) atoms.